The third-order valence-electron chi connectivity index (χ3n) is 3.43. The zero-order valence-corrected chi connectivity index (χ0v) is 12.7. The average molecular weight is 277 g/mol. The molecule has 0 bridgehead atoms. The largest absolute Gasteiger partial charge is 0.497 e. The van der Waals surface area contributed by atoms with Crippen molar-refractivity contribution in [3.05, 3.63) is 23.8 Å². The van der Waals surface area contributed by atoms with Gasteiger partial charge in [0, 0.05) is 17.8 Å². The first-order chi connectivity index (χ1) is 9.41. The summed E-state index contributed by atoms with van der Waals surface area (Å²) in [6.45, 7) is 6.51. The van der Waals surface area contributed by atoms with Gasteiger partial charge in [-0.15, -0.1) is 0 Å². The number of hydrogen-bond donors (Lipinski definition) is 1. The maximum absolute atomic E-state index is 12.1. The van der Waals surface area contributed by atoms with Crippen LogP contribution >= 0.6 is 0 Å². The Kier molecular flexibility index (Phi) is 4.21. The molecular weight excluding hydrogens is 254 g/mol. The summed E-state index contributed by atoms with van der Waals surface area (Å²) in [5.41, 5.74) is 1.54. The molecule has 1 unspecified atom stereocenters. The van der Waals surface area contributed by atoms with Crippen molar-refractivity contribution in [2.75, 3.05) is 19.0 Å². The lowest BCUT2D eigenvalue weighted by atomic mass is 9.96. The molecule has 1 aliphatic rings. The molecule has 20 heavy (non-hydrogen) atoms. The van der Waals surface area contributed by atoms with Crippen LogP contribution < -0.4 is 10.1 Å². The number of esters is 1. The third kappa shape index (κ3) is 3.24. The van der Waals surface area contributed by atoms with Crippen molar-refractivity contribution in [2.24, 2.45) is 5.41 Å². The average Bonchev–Trinajstić information content (AvgIpc) is 2.59. The monoisotopic (exact) mass is 277 g/mol. The molecule has 0 radical (unpaired) electrons. The first-order valence-corrected chi connectivity index (χ1v) is 7.04. The minimum absolute atomic E-state index is 0.168. The number of rotatable bonds is 2. The molecule has 4 nitrogen and oxygen atoms in total. The Morgan fingerprint density at radius 3 is 2.75 bits per heavy atom. The molecule has 2 rings (SSSR count). The van der Waals surface area contributed by atoms with Crippen molar-refractivity contribution in [1.29, 1.82) is 0 Å². The smallest absolute Gasteiger partial charge is 0.311 e. The predicted molar refractivity (Wildman–Crippen MR) is 79.0 cm³/mol. The van der Waals surface area contributed by atoms with Gasteiger partial charge in [-0.25, -0.2) is 0 Å². The van der Waals surface area contributed by atoms with Crippen molar-refractivity contribution >= 4 is 11.7 Å². The molecule has 0 amide bonds. The van der Waals surface area contributed by atoms with Gasteiger partial charge < -0.3 is 14.8 Å². The van der Waals surface area contributed by atoms with Gasteiger partial charge in [0.05, 0.1) is 12.5 Å². The highest BCUT2D eigenvalue weighted by atomic mass is 16.5. The number of fused-ring (bicyclic) bond motifs is 1. The van der Waals surface area contributed by atoms with Crippen molar-refractivity contribution < 1.29 is 14.3 Å². The van der Waals surface area contributed by atoms with E-state index in [-0.39, 0.29) is 12.1 Å². The second-order valence-electron chi connectivity index (χ2n) is 6.17. The van der Waals surface area contributed by atoms with E-state index in [0.717, 1.165) is 36.4 Å². The summed E-state index contributed by atoms with van der Waals surface area (Å²) in [4.78, 5) is 12.1. The minimum Gasteiger partial charge on any atom is -0.497 e. The second-order valence-corrected chi connectivity index (χ2v) is 6.17. The highest BCUT2D eigenvalue weighted by Crippen LogP contribution is 2.36. The van der Waals surface area contributed by atoms with Gasteiger partial charge in [-0.3, -0.25) is 4.79 Å². The number of nitrogens with one attached hydrogen (secondary N) is 1. The molecule has 1 aromatic rings. The Hall–Kier alpha value is -1.71. The maximum atomic E-state index is 12.1. The second kappa shape index (κ2) is 5.73. The molecular formula is C16H23NO3. The molecule has 4 heteroatoms. The van der Waals surface area contributed by atoms with Crippen molar-refractivity contribution in [1.82, 2.24) is 0 Å². The topological polar surface area (TPSA) is 47.6 Å². The van der Waals surface area contributed by atoms with Crippen LogP contribution in [0.15, 0.2) is 18.2 Å². The van der Waals surface area contributed by atoms with Gasteiger partial charge in [0.25, 0.3) is 0 Å². The Labute approximate surface area is 120 Å². The van der Waals surface area contributed by atoms with E-state index < -0.39 is 5.41 Å². The SMILES string of the molecule is COc1ccc2c(c1)C(OC(=O)C(C)(C)C)CCCN2. The van der Waals surface area contributed by atoms with Crippen molar-refractivity contribution in [2.45, 2.75) is 39.7 Å². The first-order valence-electron chi connectivity index (χ1n) is 7.04. The van der Waals surface area contributed by atoms with Crippen LogP contribution in [0.1, 0.15) is 45.3 Å². The number of hydrogen-bond acceptors (Lipinski definition) is 4. The fourth-order valence-electron chi connectivity index (χ4n) is 2.19. The van der Waals surface area contributed by atoms with Gasteiger partial charge in [0.1, 0.15) is 11.9 Å². The van der Waals surface area contributed by atoms with Crippen LogP contribution in [-0.4, -0.2) is 19.6 Å². The standard InChI is InChI=1S/C16H23NO3/c1-16(2,3)15(18)20-14-6-5-9-17-13-8-7-11(19-4)10-12(13)14/h7-8,10,14,17H,5-6,9H2,1-4H3. The number of methoxy groups -OCH3 is 1. The quantitative estimate of drug-likeness (QED) is 0.840. The molecule has 1 heterocycles. The van der Waals surface area contributed by atoms with E-state index in [1.54, 1.807) is 7.11 Å². The summed E-state index contributed by atoms with van der Waals surface area (Å²) in [6.07, 6.45) is 1.59. The van der Waals surface area contributed by atoms with E-state index in [4.69, 9.17) is 9.47 Å². The van der Waals surface area contributed by atoms with E-state index >= 15 is 0 Å². The molecule has 1 N–H and O–H groups in total. The van der Waals surface area contributed by atoms with Crippen LogP contribution in [0.25, 0.3) is 0 Å². The van der Waals surface area contributed by atoms with E-state index in [0.29, 0.717) is 0 Å². The molecule has 0 aromatic heterocycles. The normalized spacial score (nSPS) is 18.5. The first kappa shape index (κ1) is 14.7. The zero-order chi connectivity index (χ0) is 14.8. The Bertz CT molecular complexity index is 491. The molecule has 0 aliphatic carbocycles. The number of carbonyl (C=O) groups is 1. The number of carbonyl (C=O) groups excluding carboxylic acids is 1. The lowest BCUT2D eigenvalue weighted by molar-refractivity contribution is -0.159. The van der Waals surface area contributed by atoms with Gasteiger partial charge in [-0.1, -0.05) is 0 Å². The van der Waals surface area contributed by atoms with Crippen LogP contribution in [0.3, 0.4) is 0 Å². The van der Waals surface area contributed by atoms with Crippen molar-refractivity contribution in [3.63, 3.8) is 0 Å². The number of ether oxygens (including phenoxy) is 2. The Morgan fingerprint density at radius 2 is 2.10 bits per heavy atom. The molecule has 0 saturated heterocycles. The highest BCUT2D eigenvalue weighted by Gasteiger charge is 2.29. The summed E-state index contributed by atoms with van der Waals surface area (Å²) in [5, 5.41) is 3.37. The predicted octanol–water partition coefficient (Wildman–Crippen LogP) is 3.53. The molecule has 1 aromatic carbocycles. The molecule has 0 spiro atoms. The molecule has 1 atom stereocenters. The highest BCUT2D eigenvalue weighted by molar-refractivity contribution is 5.76. The lowest BCUT2D eigenvalue weighted by Gasteiger charge is -2.24. The maximum Gasteiger partial charge on any atom is 0.311 e. The van der Waals surface area contributed by atoms with Crippen LogP contribution in [-0.2, 0) is 9.53 Å². The van der Waals surface area contributed by atoms with E-state index in [2.05, 4.69) is 5.32 Å². The van der Waals surface area contributed by atoms with E-state index in [1.165, 1.54) is 0 Å². The molecule has 0 fully saturated rings. The van der Waals surface area contributed by atoms with Crippen LogP contribution in [0.4, 0.5) is 5.69 Å². The summed E-state index contributed by atoms with van der Waals surface area (Å²) < 4.78 is 11.0. The van der Waals surface area contributed by atoms with Gasteiger partial charge >= 0.3 is 5.97 Å². The zero-order valence-electron chi connectivity index (χ0n) is 12.7. The number of anilines is 1. The van der Waals surface area contributed by atoms with Crippen LogP contribution in [0, 0.1) is 5.41 Å². The minimum atomic E-state index is -0.487. The summed E-state index contributed by atoms with van der Waals surface area (Å²) >= 11 is 0. The molecule has 0 saturated carbocycles. The summed E-state index contributed by atoms with van der Waals surface area (Å²) in [7, 11) is 1.64. The summed E-state index contributed by atoms with van der Waals surface area (Å²) in [6, 6.07) is 5.85. The summed E-state index contributed by atoms with van der Waals surface area (Å²) in [5.74, 6) is 0.613. The van der Waals surface area contributed by atoms with Crippen molar-refractivity contribution in [3.8, 4) is 5.75 Å². The van der Waals surface area contributed by atoms with Crippen LogP contribution in [0.5, 0.6) is 5.75 Å². The van der Waals surface area contributed by atoms with Crippen LogP contribution in [0.2, 0.25) is 0 Å². The third-order valence-corrected chi connectivity index (χ3v) is 3.43. The molecule has 110 valence electrons. The Balaban J connectivity index is 2.28. The van der Waals surface area contributed by atoms with Gasteiger partial charge in [-0.05, 0) is 51.8 Å². The fourth-order valence-corrected chi connectivity index (χ4v) is 2.19. The van der Waals surface area contributed by atoms with Gasteiger partial charge in [-0.2, -0.15) is 0 Å². The lowest BCUT2D eigenvalue weighted by Crippen LogP contribution is -2.25. The van der Waals surface area contributed by atoms with Gasteiger partial charge in [0.15, 0.2) is 0 Å². The van der Waals surface area contributed by atoms with E-state index in [9.17, 15) is 4.79 Å². The molecule has 1 aliphatic heterocycles. The number of benzene rings is 1. The van der Waals surface area contributed by atoms with Gasteiger partial charge in [0.2, 0.25) is 0 Å². The fraction of sp³-hybridized carbons (Fsp3) is 0.562. The Morgan fingerprint density at radius 1 is 1.35 bits per heavy atom. The van der Waals surface area contributed by atoms with E-state index in [1.807, 2.05) is 39.0 Å².